The number of nitrogens with one attached hydrogen (secondary N) is 1. The van der Waals surface area contributed by atoms with Gasteiger partial charge in [0.1, 0.15) is 0 Å². The van der Waals surface area contributed by atoms with Crippen LogP contribution in [0, 0.1) is 6.92 Å². The summed E-state index contributed by atoms with van der Waals surface area (Å²) in [7, 11) is 1.96. The Balaban J connectivity index is 1.81. The van der Waals surface area contributed by atoms with Crippen LogP contribution >= 0.6 is 0 Å². The van der Waals surface area contributed by atoms with Crippen molar-refractivity contribution < 1.29 is 5.11 Å². The van der Waals surface area contributed by atoms with Crippen molar-refractivity contribution in [2.24, 2.45) is 7.05 Å². The van der Waals surface area contributed by atoms with Gasteiger partial charge in [0.05, 0.1) is 11.3 Å². The zero-order valence-electron chi connectivity index (χ0n) is 11.7. The molecule has 0 radical (unpaired) electrons. The standard InChI is InChI=1S/C14H25N3O/c1-4-14(18)7-5-12(6-8-14)15-9-13-11(2)10-17(3)16-13/h10,12,15,18H,4-9H2,1-3H3. The highest BCUT2D eigenvalue weighted by Crippen LogP contribution is 2.30. The lowest BCUT2D eigenvalue weighted by Crippen LogP contribution is -2.40. The lowest BCUT2D eigenvalue weighted by molar-refractivity contribution is -0.00694. The molecule has 0 spiro atoms. The number of rotatable bonds is 4. The van der Waals surface area contributed by atoms with Crippen molar-refractivity contribution in [3.05, 3.63) is 17.5 Å². The van der Waals surface area contributed by atoms with Crippen molar-refractivity contribution in [1.82, 2.24) is 15.1 Å². The van der Waals surface area contributed by atoms with E-state index in [0.717, 1.165) is 44.3 Å². The van der Waals surface area contributed by atoms with Gasteiger partial charge in [0.15, 0.2) is 0 Å². The second kappa shape index (κ2) is 5.41. The van der Waals surface area contributed by atoms with Crippen LogP contribution in [0.1, 0.15) is 50.3 Å². The average molecular weight is 251 g/mol. The van der Waals surface area contributed by atoms with Crippen molar-refractivity contribution in [3.8, 4) is 0 Å². The average Bonchev–Trinajstić information content (AvgIpc) is 2.67. The number of aromatic nitrogens is 2. The molecular weight excluding hydrogens is 226 g/mol. The minimum atomic E-state index is -0.404. The molecule has 1 aliphatic rings. The van der Waals surface area contributed by atoms with Crippen molar-refractivity contribution in [1.29, 1.82) is 0 Å². The molecule has 0 aliphatic heterocycles. The van der Waals surface area contributed by atoms with Crippen LogP contribution in [-0.4, -0.2) is 26.5 Å². The highest BCUT2D eigenvalue weighted by molar-refractivity contribution is 5.14. The molecule has 1 saturated carbocycles. The number of hydrogen-bond acceptors (Lipinski definition) is 3. The van der Waals surface area contributed by atoms with E-state index in [9.17, 15) is 5.11 Å². The first-order valence-corrected chi connectivity index (χ1v) is 6.97. The first kappa shape index (κ1) is 13.6. The molecular formula is C14H25N3O. The van der Waals surface area contributed by atoms with Crippen molar-refractivity contribution in [2.75, 3.05) is 0 Å². The Morgan fingerprint density at radius 1 is 1.50 bits per heavy atom. The summed E-state index contributed by atoms with van der Waals surface area (Å²) >= 11 is 0. The van der Waals surface area contributed by atoms with Crippen LogP contribution in [0.25, 0.3) is 0 Å². The van der Waals surface area contributed by atoms with Gasteiger partial charge in [0.2, 0.25) is 0 Å². The molecule has 0 amide bonds. The van der Waals surface area contributed by atoms with Crippen molar-refractivity contribution in [3.63, 3.8) is 0 Å². The molecule has 1 aromatic heterocycles. The molecule has 0 bridgehead atoms. The predicted octanol–water partition coefficient (Wildman–Crippen LogP) is 1.90. The number of aliphatic hydroxyl groups is 1. The summed E-state index contributed by atoms with van der Waals surface area (Å²) in [6.45, 7) is 5.01. The van der Waals surface area contributed by atoms with Gasteiger partial charge in [0, 0.05) is 25.8 Å². The van der Waals surface area contributed by atoms with Crippen LogP contribution < -0.4 is 5.32 Å². The molecule has 18 heavy (non-hydrogen) atoms. The van der Waals surface area contributed by atoms with Gasteiger partial charge in [-0.25, -0.2) is 0 Å². The van der Waals surface area contributed by atoms with E-state index in [1.807, 2.05) is 17.9 Å². The summed E-state index contributed by atoms with van der Waals surface area (Å²) in [5.41, 5.74) is 1.97. The molecule has 4 nitrogen and oxygen atoms in total. The van der Waals surface area contributed by atoms with E-state index in [4.69, 9.17) is 0 Å². The molecule has 1 heterocycles. The van der Waals surface area contributed by atoms with E-state index in [-0.39, 0.29) is 0 Å². The van der Waals surface area contributed by atoms with Crippen molar-refractivity contribution in [2.45, 2.75) is 64.1 Å². The SMILES string of the molecule is CCC1(O)CCC(NCc2nn(C)cc2C)CC1. The van der Waals surface area contributed by atoms with Gasteiger partial charge in [-0.05, 0) is 44.6 Å². The third kappa shape index (κ3) is 3.12. The first-order chi connectivity index (χ1) is 8.52. The molecule has 0 atom stereocenters. The first-order valence-electron chi connectivity index (χ1n) is 6.97. The van der Waals surface area contributed by atoms with Gasteiger partial charge < -0.3 is 10.4 Å². The van der Waals surface area contributed by atoms with Gasteiger partial charge in [-0.3, -0.25) is 4.68 Å². The van der Waals surface area contributed by atoms with E-state index < -0.39 is 5.60 Å². The monoisotopic (exact) mass is 251 g/mol. The topological polar surface area (TPSA) is 50.1 Å². The molecule has 0 saturated heterocycles. The van der Waals surface area contributed by atoms with E-state index >= 15 is 0 Å². The molecule has 1 aliphatic carbocycles. The van der Waals surface area contributed by atoms with Crippen LogP contribution in [0.2, 0.25) is 0 Å². The van der Waals surface area contributed by atoms with Gasteiger partial charge in [0.25, 0.3) is 0 Å². The Kier molecular flexibility index (Phi) is 4.07. The van der Waals surface area contributed by atoms with Gasteiger partial charge >= 0.3 is 0 Å². The molecule has 1 aromatic rings. The Morgan fingerprint density at radius 2 is 2.17 bits per heavy atom. The largest absolute Gasteiger partial charge is 0.390 e. The fourth-order valence-corrected chi connectivity index (χ4v) is 2.78. The van der Waals surface area contributed by atoms with Crippen LogP contribution in [-0.2, 0) is 13.6 Å². The number of hydrogen-bond donors (Lipinski definition) is 2. The van der Waals surface area contributed by atoms with Crippen LogP contribution in [0.4, 0.5) is 0 Å². The fourth-order valence-electron chi connectivity index (χ4n) is 2.78. The summed E-state index contributed by atoms with van der Waals surface area (Å²) in [5, 5.41) is 18.2. The zero-order chi connectivity index (χ0) is 13.2. The third-order valence-corrected chi connectivity index (χ3v) is 4.25. The molecule has 2 N–H and O–H groups in total. The molecule has 102 valence electrons. The van der Waals surface area contributed by atoms with E-state index in [0.29, 0.717) is 6.04 Å². The molecule has 0 unspecified atom stereocenters. The highest BCUT2D eigenvalue weighted by atomic mass is 16.3. The Bertz CT molecular complexity index is 392. The Hall–Kier alpha value is -0.870. The summed E-state index contributed by atoms with van der Waals surface area (Å²) in [6, 6.07) is 0.526. The quantitative estimate of drug-likeness (QED) is 0.859. The Labute approximate surface area is 109 Å². The number of nitrogens with zero attached hydrogens (tertiary/aromatic N) is 2. The molecule has 1 fully saturated rings. The maximum absolute atomic E-state index is 10.2. The maximum atomic E-state index is 10.2. The summed E-state index contributed by atoms with van der Waals surface area (Å²) in [4.78, 5) is 0. The fraction of sp³-hybridized carbons (Fsp3) is 0.786. The van der Waals surface area contributed by atoms with E-state index in [1.54, 1.807) is 0 Å². The van der Waals surface area contributed by atoms with E-state index in [1.165, 1.54) is 5.56 Å². The van der Waals surface area contributed by atoms with Crippen molar-refractivity contribution >= 4 is 0 Å². The smallest absolute Gasteiger partial charge is 0.0791 e. The zero-order valence-corrected chi connectivity index (χ0v) is 11.7. The summed E-state index contributed by atoms with van der Waals surface area (Å²) < 4.78 is 1.86. The lowest BCUT2D eigenvalue weighted by Gasteiger charge is -2.35. The van der Waals surface area contributed by atoms with Crippen LogP contribution in [0.15, 0.2) is 6.20 Å². The third-order valence-electron chi connectivity index (χ3n) is 4.25. The second-order valence-corrected chi connectivity index (χ2v) is 5.67. The lowest BCUT2D eigenvalue weighted by atomic mass is 9.80. The minimum Gasteiger partial charge on any atom is -0.390 e. The Morgan fingerprint density at radius 3 is 2.67 bits per heavy atom. The normalized spacial score (nSPS) is 28.6. The highest BCUT2D eigenvalue weighted by Gasteiger charge is 2.31. The summed E-state index contributed by atoms with van der Waals surface area (Å²) in [5.74, 6) is 0. The van der Waals surface area contributed by atoms with Gasteiger partial charge in [-0.2, -0.15) is 5.10 Å². The summed E-state index contributed by atoms with van der Waals surface area (Å²) in [6.07, 6.45) is 6.89. The van der Waals surface area contributed by atoms with Gasteiger partial charge in [-0.15, -0.1) is 0 Å². The molecule has 0 aromatic carbocycles. The molecule has 4 heteroatoms. The van der Waals surface area contributed by atoms with E-state index in [2.05, 4.69) is 24.3 Å². The molecule has 2 rings (SSSR count). The van der Waals surface area contributed by atoms with Crippen LogP contribution in [0.3, 0.4) is 0 Å². The second-order valence-electron chi connectivity index (χ2n) is 5.67. The van der Waals surface area contributed by atoms with Gasteiger partial charge in [-0.1, -0.05) is 6.92 Å². The maximum Gasteiger partial charge on any atom is 0.0791 e. The predicted molar refractivity (Wildman–Crippen MR) is 72.3 cm³/mol. The number of aryl methyl sites for hydroxylation is 2. The minimum absolute atomic E-state index is 0.404. The van der Waals surface area contributed by atoms with Crippen LogP contribution in [0.5, 0.6) is 0 Å².